The molecule has 7 heteroatoms. The number of aryl methyl sites for hydroxylation is 1. The van der Waals surface area contributed by atoms with Gasteiger partial charge in [-0.2, -0.15) is 0 Å². The monoisotopic (exact) mass is 521 g/mol. The molecule has 1 heterocycles. The Bertz CT molecular complexity index is 1280. The molecule has 2 aliphatic carbocycles. The number of carboxylic acid groups (broad SMARTS) is 1. The molecule has 0 aromatic heterocycles. The fraction of sp³-hybridized carbons (Fsp3) is 0.516. The lowest BCUT2D eigenvalue weighted by Crippen LogP contribution is -2.49. The zero-order valence-corrected chi connectivity index (χ0v) is 22.4. The summed E-state index contributed by atoms with van der Waals surface area (Å²) in [5.41, 5.74) is 5.01. The lowest BCUT2D eigenvalue weighted by molar-refractivity contribution is -0.149. The second-order valence-corrected chi connectivity index (χ2v) is 11.9. The predicted octanol–water partition coefficient (Wildman–Crippen LogP) is 4.93. The topological polar surface area (TPSA) is 83.9 Å². The minimum Gasteiger partial charge on any atom is -0.481 e. The van der Waals surface area contributed by atoms with Crippen LogP contribution in [0.5, 0.6) is 0 Å². The number of halogens is 1. The van der Waals surface area contributed by atoms with Gasteiger partial charge in [-0.1, -0.05) is 38.1 Å². The van der Waals surface area contributed by atoms with Crippen LogP contribution in [0.15, 0.2) is 30.3 Å². The van der Waals surface area contributed by atoms with Gasteiger partial charge in [0.1, 0.15) is 11.9 Å². The maximum absolute atomic E-state index is 15.2. The lowest BCUT2D eigenvalue weighted by atomic mass is 9.72. The van der Waals surface area contributed by atoms with Crippen molar-refractivity contribution in [3.05, 3.63) is 69.5 Å². The van der Waals surface area contributed by atoms with Gasteiger partial charge in [0.25, 0.3) is 0 Å². The maximum Gasteiger partial charge on any atom is 0.303 e. The van der Waals surface area contributed by atoms with E-state index in [4.69, 9.17) is 9.84 Å². The third kappa shape index (κ3) is 5.00. The van der Waals surface area contributed by atoms with E-state index < -0.39 is 12.0 Å². The van der Waals surface area contributed by atoms with Gasteiger partial charge in [0.15, 0.2) is 5.78 Å². The Morgan fingerprint density at radius 3 is 2.53 bits per heavy atom. The van der Waals surface area contributed by atoms with Crippen molar-refractivity contribution >= 4 is 17.7 Å². The summed E-state index contributed by atoms with van der Waals surface area (Å²) in [6, 6.07) is 8.61. The van der Waals surface area contributed by atoms with E-state index in [1.165, 1.54) is 6.07 Å². The molecule has 1 amide bonds. The van der Waals surface area contributed by atoms with E-state index >= 15 is 4.39 Å². The van der Waals surface area contributed by atoms with E-state index in [2.05, 4.69) is 13.8 Å². The highest BCUT2D eigenvalue weighted by atomic mass is 19.1. The molecular weight excluding hydrogens is 485 g/mol. The largest absolute Gasteiger partial charge is 0.481 e. The normalized spacial score (nSPS) is 23.4. The third-order valence-corrected chi connectivity index (χ3v) is 8.69. The number of ketones is 1. The fourth-order valence-electron chi connectivity index (χ4n) is 6.76. The first-order valence-corrected chi connectivity index (χ1v) is 13.5. The molecule has 1 N–H and O–H groups in total. The number of amides is 1. The van der Waals surface area contributed by atoms with E-state index in [-0.39, 0.29) is 47.6 Å². The van der Waals surface area contributed by atoms with Crippen molar-refractivity contribution in [2.24, 2.45) is 11.8 Å². The van der Waals surface area contributed by atoms with Gasteiger partial charge >= 0.3 is 5.97 Å². The van der Waals surface area contributed by atoms with Gasteiger partial charge in [-0.25, -0.2) is 4.39 Å². The number of hydrogen-bond donors (Lipinski definition) is 1. The molecule has 38 heavy (non-hydrogen) atoms. The van der Waals surface area contributed by atoms with E-state index in [0.29, 0.717) is 38.0 Å². The maximum atomic E-state index is 15.2. The molecule has 3 aliphatic rings. The number of carbonyl (C=O) groups is 3. The lowest BCUT2D eigenvalue weighted by Gasteiger charge is -2.42. The van der Waals surface area contributed by atoms with Crippen molar-refractivity contribution in [3.8, 4) is 0 Å². The summed E-state index contributed by atoms with van der Waals surface area (Å²) in [7, 11) is 1.64. The van der Waals surface area contributed by atoms with Crippen molar-refractivity contribution in [2.45, 2.75) is 76.9 Å². The summed E-state index contributed by atoms with van der Waals surface area (Å²) in [6.07, 6.45) is 3.49. The van der Waals surface area contributed by atoms with Crippen LogP contribution in [0.2, 0.25) is 0 Å². The molecule has 0 unspecified atom stereocenters. The molecule has 202 valence electrons. The molecule has 1 fully saturated rings. The summed E-state index contributed by atoms with van der Waals surface area (Å²) in [5, 5.41) is 9.08. The Morgan fingerprint density at radius 2 is 1.82 bits per heavy atom. The van der Waals surface area contributed by atoms with Crippen LogP contribution in [0.3, 0.4) is 0 Å². The Kier molecular flexibility index (Phi) is 7.16. The van der Waals surface area contributed by atoms with Crippen molar-refractivity contribution in [1.29, 1.82) is 0 Å². The number of benzene rings is 2. The average molecular weight is 522 g/mol. The first-order valence-electron chi connectivity index (χ1n) is 13.5. The number of ether oxygens (including phenoxy) is 1. The summed E-state index contributed by atoms with van der Waals surface area (Å²) >= 11 is 0. The fourth-order valence-corrected chi connectivity index (χ4v) is 6.76. The number of carboxylic acids is 1. The van der Waals surface area contributed by atoms with Gasteiger partial charge in [0.2, 0.25) is 5.91 Å². The summed E-state index contributed by atoms with van der Waals surface area (Å²) in [5.74, 6) is -1.58. The standard InChI is InChI=1S/C31H36FNO5/c1-31(2)8-6-22-11-20(14-25(32)28(22)31)15-26(34)29-24-5-4-18(17-38-3)10-21(24)7-9-33(29)30(37)23-12-19(13-23)16-27(35)36/h4-5,10-11,14,19,23,29H,6-9,12-13,15-17H2,1-3H3,(H,35,36)/t19?,23?,29-/m1/s1. The number of carbonyl (C=O) groups excluding carboxylic acids is 2. The van der Waals surface area contributed by atoms with Crippen LogP contribution in [0.1, 0.15) is 79.0 Å². The van der Waals surface area contributed by atoms with Crippen LogP contribution < -0.4 is 0 Å². The minimum absolute atomic E-state index is 0.00270. The summed E-state index contributed by atoms with van der Waals surface area (Å²) in [4.78, 5) is 40.2. The van der Waals surface area contributed by atoms with Crippen LogP contribution in [0.25, 0.3) is 0 Å². The number of aliphatic carboxylic acids is 1. The molecule has 5 rings (SSSR count). The smallest absolute Gasteiger partial charge is 0.303 e. The van der Waals surface area contributed by atoms with Gasteiger partial charge in [-0.3, -0.25) is 14.4 Å². The molecule has 2 aromatic carbocycles. The Hall–Kier alpha value is -3.06. The second-order valence-electron chi connectivity index (χ2n) is 11.9. The molecule has 0 spiro atoms. The van der Waals surface area contributed by atoms with E-state index in [9.17, 15) is 14.4 Å². The van der Waals surface area contributed by atoms with Crippen LogP contribution in [-0.2, 0) is 50.4 Å². The Balaban J connectivity index is 1.42. The predicted molar refractivity (Wildman–Crippen MR) is 140 cm³/mol. The number of fused-ring (bicyclic) bond motifs is 2. The molecule has 0 bridgehead atoms. The van der Waals surface area contributed by atoms with Crippen molar-refractivity contribution in [1.82, 2.24) is 4.90 Å². The summed E-state index contributed by atoms with van der Waals surface area (Å²) < 4.78 is 20.4. The molecule has 0 radical (unpaired) electrons. The van der Waals surface area contributed by atoms with E-state index in [1.54, 1.807) is 12.0 Å². The van der Waals surface area contributed by atoms with Crippen LogP contribution in [0, 0.1) is 17.7 Å². The Labute approximate surface area is 223 Å². The molecule has 6 nitrogen and oxygen atoms in total. The zero-order chi connectivity index (χ0) is 27.2. The van der Waals surface area contributed by atoms with Gasteiger partial charge in [0.05, 0.1) is 6.61 Å². The highest BCUT2D eigenvalue weighted by Gasteiger charge is 2.43. The van der Waals surface area contributed by atoms with Crippen LogP contribution in [0.4, 0.5) is 4.39 Å². The number of Topliss-reactive ketones (excluding diaryl/α,β-unsaturated/α-hetero) is 1. The minimum atomic E-state index is -0.849. The zero-order valence-electron chi connectivity index (χ0n) is 22.4. The third-order valence-electron chi connectivity index (χ3n) is 8.69. The van der Waals surface area contributed by atoms with Crippen molar-refractivity contribution in [3.63, 3.8) is 0 Å². The van der Waals surface area contributed by atoms with Gasteiger partial charge in [-0.15, -0.1) is 0 Å². The van der Waals surface area contributed by atoms with E-state index in [0.717, 1.165) is 40.7 Å². The number of nitrogens with zero attached hydrogens (tertiary/aromatic N) is 1. The van der Waals surface area contributed by atoms with Gasteiger partial charge < -0.3 is 14.7 Å². The highest BCUT2D eigenvalue weighted by Crippen LogP contribution is 2.42. The van der Waals surface area contributed by atoms with Crippen molar-refractivity contribution < 1.29 is 28.6 Å². The first-order chi connectivity index (χ1) is 18.1. The van der Waals surface area contributed by atoms with Crippen molar-refractivity contribution in [2.75, 3.05) is 13.7 Å². The number of rotatable bonds is 8. The van der Waals surface area contributed by atoms with Gasteiger partial charge in [-0.05, 0) is 82.9 Å². The SMILES string of the molecule is COCc1ccc2c(c1)CCN(C(=O)C1CC(CC(=O)O)C1)[C@H]2C(=O)Cc1cc(F)c2c(c1)CCC2(C)C. The average Bonchev–Trinajstić information content (AvgIpc) is 3.14. The molecular formula is C31H36FNO5. The quantitative estimate of drug-likeness (QED) is 0.532. The molecule has 1 saturated carbocycles. The first kappa shape index (κ1) is 26.5. The molecule has 1 atom stereocenters. The number of methoxy groups -OCH3 is 1. The Morgan fingerprint density at radius 1 is 1.08 bits per heavy atom. The molecule has 0 saturated heterocycles. The molecule has 2 aromatic rings. The van der Waals surface area contributed by atoms with Gasteiger partial charge in [0, 0.05) is 32.4 Å². The van der Waals surface area contributed by atoms with Crippen LogP contribution >= 0.6 is 0 Å². The molecule has 1 aliphatic heterocycles. The summed E-state index contributed by atoms with van der Waals surface area (Å²) in [6.45, 7) is 4.99. The van der Waals surface area contributed by atoms with E-state index in [1.807, 2.05) is 24.3 Å². The second kappa shape index (κ2) is 10.3. The number of hydrogen-bond acceptors (Lipinski definition) is 4. The van der Waals surface area contributed by atoms with Crippen LogP contribution in [-0.4, -0.2) is 41.3 Å². The highest BCUT2D eigenvalue weighted by molar-refractivity contribution is 5.93.